The van der Waals surface area contributed by atoms with Crippen molar-refractivity contribution in [2.45, 2.75) is 38.5 Å². The largest absolute Gasteiger partial charge is 0.477 e. The Balaban J connectivity index is 1.65. The van der Waals surface area contributed by atoms with Crippen LogP contribution in [0.3, 0.4) is 0 Å². The zero-order chi connectivity index (χ0) is 15.9. The molecule has 1 amide bonds. The average molecular weight is 345 g/mol. The van der Waals surface area contributed by atoms with Crippen LogP contribution in [0.4, 0.5) is 0 Å². The van der Waals surface area contributed by atoms with E-state index in [2.05, 4.69) is 10.5 Å². The van der Waals surface area contributed by atoms with Gasteiger partial charge in [-0.2, -0.15) is 5.10 Å². The van der Waals surface area contributed by atoms with Gasteiger partial charge in [0, 0.05) is 0 Å². The minimum atomic E-state index is -1.33. The van der Waals surface area contributed by atoms with E-state index >= 15 is 0 Å². The second-order valence-electron chi connectivity index (χ2n) is 6.86. The lowest BCUT2D eigenvalue weighted by Gasteiger charge is -2.55. The van der Waals surface area contributed by atoms with Gasteiger partial charge in [-0.25, -0.2) is 10.2 Å². The van der Waals surface area contributed by atoms with E-state index in [1.807, 2.05) is 0 Å². The molecule has 7 heteroatoms. The Hall–Kier alpha value is -1.07. The van der Waals surface area contributed by atoms with Crippen molar-refractivity contribution >= 4 is 41.3 Å². The molecule has 22 heavy (non-hydrogen) atoms. The molecule has 0 heterocycles. The number of nitrogens with one attached hydrogen (secondary N) is 1. The summed E-state index contributed by atoms with van der Waals surface area (Å²) >= 11 is 11.2. The summed E-state index contributed by atoms with van der Waals surface area (Å²) < 4.78 is 0. The third kappa shape index (κ3) is 2.88. The predicted octanol–water partition coefficient (Wildman–Crippen LogP) is 3.08. The standard InChI is InChI=1S/C15H18Cl2N2O3/c16-11(12(17)13(20)21)7-18-19-14(22)15-4-8-1-9(5-15)3-10(2-8)6-15/h7-10H,1-6H2,(H,19,22)(H,20,21)/b12-11-,18-7-. The number of halogens is 2. The summed E-state index contributed by atoms with van der Waals surface area (Å²) in [5, 5.41) is 11.7. The molecule has 4 fully saturated rings. The highest BCUT2D eigenvalue weighted by Gasteiger charge is 2.54. The molecular formula is C15H18Cl2N2O3. The maximum absolute atomic E-state index is 12.5. The van der Waals surface area contributed by atoms with Crippen LogP contribution in [0.2, 0.25) is 0 Å². The third-order valence-corrected chi connectivity index (χ3v) is 6.01. The molecule has 4 rings (SSSR count). The fraction of sp³-hybridized carbons (Fsp3) is 0.667. The Bertz CT molecular complexity index is 536. The van der Waals surface area contributed by atoms with Gasteiger partial charge in [-0.15, -0.1) is 0 Å². The summed E-state index contributed by atoms with van der Waals surface area (Å²) in [4.78, 5) is 23.2. The van der Waals surface area contributed by atoms with Crippen molar-refractivity contribution in [3.05, 3.63) is 10.1 Å². The van der Waals surface area contributed by atoms with Crippen LogP contribution >= 0.6 is 23.2 Å². The molecule has 0 aromatic carbocycles. The van der Waals surface area contributed by atoms with Crippen LogP contribution in [0.5, 0.6) is 0 Å². The second kappa shape index (κ2) is 5.85. The molecule has 0 radical (unpaired) electrons. The SMILES string of the molecule is O=C(O)/C(Cl)=C(Cl)\C=N/NC(=O)C12CC3CC(CC(C3)C1)C2. The first-order valence-electron chi connectivity index (χ1n) is 7.52. The maximum Gasteiger partial charge on any atom is 0.348 e. The van der Waals surface area contributed by atoms with Crippen molar-refractivity contribution in [1.29, 1.82) is 0 Å². The van der Waals surface area contributed by atoms with E-state index in [9.17, 15) is 9.59 Å². The first kappa shape index (κ1) is 15.8. The lowest BCUT2D eigenvalue weighted by molar-refractivity contribution is -0.146. The summed E-state index contributed by atoms with van der Waals surface area (Å²) in [7, 11) is 0. The quantitative estimate of drug-likeness (QED) is 0.467. The molecule has 5 nitrogen and oxygen atoms in total. The van der Waals surface area contributed by atoms with Crippen molar-refractivity contribution in [1.82, 2.24) is 5.43 Å². The van der Waals surface area contributed by atoms with Crippen molar-refractivity contribution in [3.8, 4) is 0 Å². The average Bonchev–Trinajstić information content (AvgIpc) is 2.44. The number of hydrogen-bond acceptors (Lipinski definition) is 3. The predicted molar refractivity (Wildman–Crippen MR) is 83.6 cm³/mol. The summed E-state index contributed by atoms with van der Waals surface area (Å²) in [5.41, 5.74) is 2.23. The fourth-order valence-electron chi connectivity index (χ4n) is 4.81. The van der Waals surface area contributed by atoms with Gasteiger partial charge in [-0.3, -0.25) is 4.79 Å². The van der Waals surface area contributed by atoms with Crippen molar-refractivity contribution < 1.29 is 14.7 Å². The van der Waals surface area contributed by atoms with Crippen molar-refractivity contribution in [2.24, 2.45) is 28.3 Å². The van der Waals surface area contributed by atoms with Crippen LogP contribution < -0.4 is 5.43 Å². The second-order valence-corrected chi connectivity index (χ2v) is 7.65. The molecule has 120 valence electrons. The minimum Gasteiger partial charge on any atom is -0.477 e. The molecule has 0 aromatic heterocycles. The Labute approximate surface area is 138 Å². The number of allylic oxidation sites excluding steroid dienone is 1. The van der Waals surface area contributed by atoms with E-state index in [-0.39, 0.29) is 16.4 Å². The molecule has 4 saturated carbocycles. The number of nitrogens with zero attached hydrogens (tertiary/aromatic N) is 1. The van der Waals surface area contributed by atoms with Crippen LogP contribution in [0.1, 0.15) is 38.5 Å². The van der Waals surface area contributed by atoms with E-state index < -0.39 is 11.0 Å². The Morgan fingerprint density at radius 3 is 2.05 bits per heavy atom. The molecule has 4 bridgehead atoms. The first-order valence-corrected chi connectivity index (χ1v) is 8.27. The summed E-state index contributed by atoms with van der Waals surface area (Å²) in [6.07, 6.45) is 7.69. The minimum absolute atomic E-state index is 0.0706. The molecule has 4 aliphatic rings. The highest BCUT2D eigenvalue weighted by Crippen LogP contribution is 2.60. The fourth-order valence-corrected chi connectivity index (χ4v) is 4.99. The molecule has 2 N–H and O–H groups in total. The topological polar surface area (TPSA) is 78.8 Å². The molecule has 4 aliphatic carbocycles. The summed E-state index contributed by atoms with van der Waals surface area (Å²) in [6.45, 7) is 0. The molecule has 0 aliphatic heterocycles. The van der Waals surface area contributed by atoms with Gasteiger partial charge in [0.05, 0.1) is 16.7 Å². The number of rotatable bonds is 4. The zero-order valence-corrected chi connectivity index (χ0v) is 13.5. The summed E-state index contributed by atoms with van der Waals surface area (Å²) in [6, 6.07) is 0. The van der Waals surface area contributed by atoms with Crippen molar-refractivity contribution in [2.75, 3.05) is 0 Å². The van der Waals surface area contributed by atoms with Crippen LogP contribution in [-0.4, -0.2) is 23.2 Å². The monoisotopic (exact) mass is 344 g/mol. The Kier molecular flexibility index (Phi) is 4.21. The number of hydrogen-bond donors (Lipinski definition) is 2. The molecule has 0 unspecified atom stereocenters. The Morgan fingerprint density at radius 2 is 1.59 bits per heavy atom. The van der Waals surface area contributed by atoms with Crippen molar-refractivity contribution in [3.63, 3.8) is 0 Å². The van der Waals surface area contributed by atoms with Crippen LogP contribution in [0.15, 0.2) is 15.2 Å². The number of carboxylic acid groups (broad SMARTS) is 1. The smallest absolute Gasteiger partial charge is 0.348 e. The van der Waals surface area contributed by atoms with Gasteiger partial charge in [-0.1, -0.05) is 23.2 Å². The number of carbonyl (C=O) groups is 2. The van der Waals surface area contributed by atoms with E-state index in [1.165, 1.54) is 19.3 Å². The molecular weight excluding hydrogens is 327 g/mol. The van der Waals surface area contributed by atoms with Gasteiger partial charge in [0.2, 0.25) is 5.91 Å². The van der Waals surface area contributed by atoms with Gasteiger partial charge >= 0.3 is 5.97 Å². The number of amides is 1. The highest BCUT2D eigenvalue weighted by molar-refractivity contribution is 6.51. The molecule has 0 aromatic rings. The van der Waals surface area contributed by atoms with Crippen LogP contribution in [0, 0.1) is 23.2 Å². The van der Waals surface area contributed by atoms with Gasteiger partial charge in [-0.05, 0) is 56.3 Å². The first-order chi connectivity index (χ1) is 10.4. The number of carbonyl (C=O) groups excluding carboxylic acids is 1. The van der Waals surface area contributed by atoms with Gasteiger partial charge in [0.25, 0.3) is 0 Å². The number of hydrazone groups is 1. The lowest BCUT2D eigenvalue weighted by atomic mass is 9.49. The van der Waals surface area contributed by atoms with Gasteiger partial charge < -0.3 is 5.11 Å². The number of aliphatic carboxylic acids is 1. The third-order valence-electron chi connectivity index (χ3n) is 5.26. The van der Waals surface area contributed by atoms with Crippen LogP contribution in [0.25, 0.3) is 0 Å². The van der Waals surface area contributed by atoms with Crippen LogP contribution in [-0.2, 0) is 9.59 Å². The zero-order valence-electron chi connectivity index (χ0n) is 12.0. The van der Waals surface area contributed by atoms with E-state index in [4.69, 9.17) is 28.3 Å². The van der Waals surface area contributed by atoms with E-state index in [0.717, 1.165) is 25.5 Å². The molecule has 0 spiro atoms. The lowest BCUT2D eigenvalue weighted by Crippen LogP contribution is -2.52. The van der Waals surface area contributed by atoms with Gasteiger partial charge in [0.1, 0.15) is 5.03 Å². The molecule has 0 saturated heterocycles. The number of carboxylic acids is 1. The molecule has 0 atom stereocenters. The van der Waals surface area contributed by atoms with E-state index in [1.54, 1.807) is 0 Å². The highest BCUT2D eigenvalue weighted by atomic mass is 35.5. The summed E-state index contributed by atoms with van der Waals surface area (Å²) in [5.74, 6) is 0.618. The Morgan fingerprint density at radius 1 is 1.09 bits per heavy atom. The maximum atomic E-state index is 12.5. The van der Waals surface area contributed by atoms with E-state index in [0.29, 0.717) is 17.8 Å². The normalized spacial score (nSPS) is 37.3. The van der Waals surface area contributed by atoms with Gasteiger partial charge in [0.15, 0.2) is 0 Å².